The molecule has 4 rings (SSSR count). The van der Waals surface area contributed by atoms with Gasteiger partial charge in [-0.1, -0.05) is 49.6 Å². The molecule has 1 N–H and O–H groups in total. The Kier molecular flexibility index (Phi) is 8.76. The van der Waals surface area contributed by atoms with Gasteiger partial charge in [0.2, 0.25) is 0 Å². The molecular weight excluding hydrogens is 440 g/mol. The van der Waals surface area contributed by atoms with Crippen LogP contribution in [0.2, 0.25) is 0 Å². The molecular formula is C27H42N6O2. The smallest absolute Gasteiger partial charge is 0.407 e. The van der Waals surface area contributed by atoms with Crippen LogP contribution in [0.1, 0.15) is 83.0 Å². The lowest BCUT2D eigenvalue weighted by Gasteiger charge is -2.36. The van der Waals surface area contributed by atoms with Crippen LogP contribution in [0, 0.1) is 11.8 Å². The molecule has 2 fully saturated rings. The first-order valence-corrected chi connectivity index (χ1v) is 13.4. The molecule has 1 aromatic carbocycles. The molecule has 0 radical (unpaired) electrons. The molecule has 1 atom stereocenters. The number of hydrogen-bond acceptors (Lipinski definition) is 6. The minimum absolute atomic E-state index is 0.318. The van der Waals surface area contributed by atoms with Gasteiger partial charge in [-0.3, -0.25) is 0 Å². The summed E-state index contributed by atoms with van der Waals surface area (Å²) < 4.78 is 5.38. The largest absolute Gasteiger partial charge is 0.444 e. The predicted molar refractivity (Wildman–Crippen MR) is 136 cm³/mol. The van der Waals surface area contributed by atoms with Crippen LogP contribution in [-0.4, -0.2) is 63.0 Å². The van der Waals surface area contributed by atoms with E-state index in [-0.39, 0.29) is 6.09 Å². The first-order chi connectivity index (χ1) is 16.9. The Morgan fingerprint density at radius 3 is 2.49 bits per heavy atom. The summed E-state index contributed by atoms with van der Waals surface area (Å²) in [6.45, 7) is 10.1. The maximum Gasteiger partial charge on any atom is 0.407 e. The van der Waals surface area contributed by atoms with Crippen molar-refractivity contribution in [3.8, 4) is 0 Å². The van der Waals surface area contributed by atoms with Crippen molar-refractivity contribution in [2.75, 3.05) is 26.2 Å². The average molecular weight is 483 g/mol. The second-order valence-electron chi connectivity index (χ2n) is 11.3. The van der Waals surface area contributed by atoms with Crippen LogP contribution in [-0.2, 0) is 11.3 Å². The maximum absolute atomic E-state index is 12.0. The third kappa shape index (κ3) is 8.02. The number of carbonyl (C=O) groups is 1. The number of hydrogen-bond donors (Lipinski definition) is 1. The summed E-state index contributed by atoms with van der Waals surface area (Å²) in [5, 5.41) is 16.7. The van der Waals surface area contributed by atoms with E-state index in [0.29, 0.717) is 30.8 Å². The lowest BCUT2D eigenvalue weighted by atomic mass is 9.79. The number of nitrogens with one attached hydrogen (secondary N) is 1. The Morgan fingerprint density at radius 1 is 1.09 bits per heavy atom. The van der Waals surface area contributed by atoms with E-state index in [0.717, 1.165) is 38.3 Å². The Balaban J connectivity index is 1.32. The number of nitrogens with zero attached hydrogens (tertiary/aromatic N) is 5. The fourth-order valence-corrected chi connectivity index (χ4v) is 5.39. The van der Waals surface area contributed by atoms with E-state index in [1.807, 2.05) is 39.0 Å². The molecule has 1 aliphatic heterocycles. The molecule has 0 bridgehead atoms. The number of likely N-dealkylation sites (tertiary alicyclic amines) is 1. The van der Waals surface area contributed by atoms with Gasteiger partial charge in [0.1, 0.15) is 5.60 Å². The third-order valence-corrected chi connectivity index (χ3v) is 7.28. The first kappa shape index (κ1) is 25.6. The molecule has 2 heterocycles. The minimum Gasteiger partial charge on any atom is -0.444 e. The van der Waals surface area contributed by atoms with Gasteiger partial charge in [-0.05, 0) is 82.2 Å². The van der Waals surface area contributed by atoms with E-state index >= 15 is 0 Å². The standard InChI is InChI=1S/C27H42N6O2/c1-27(2,3)35-26(34)28-18-21-14-16-32(17-15-21)20-24(23-12-8-5-9-13-23)25-29-31-33(30-25)19-22-10-6-4-7-11-22/h4,6-7,10-11,21,23-24H,5,8-9,12-20H2,1-3H3,(H,28,34). The van der Waals surface area contributed by atoms with Gasteiger partial charge in [-0.2, -0.15) is 4.80 Å². The van der Waals surface area contributed by atoms with Crippen molar-refractivity contribution in [2.45, 2.75) is 83.8 Å². The molecule has 1 unspecified atom stereocenters. The lowest BCUT2D eigenvalue weighted by Crippen LogP contribution is -2.42. The molecule has 1 saturated heterocycles. The predicted octanol–water partition coefficient (Wildman–Crippen LogP) is 4.62. The van der Waals surface area contributed by atoms with Crippen LogP contribution in [0.25, 0.3) is 0 Å². The number of alkyl carbamates (subject to hydrolysis) is 1. The van der Waals surface area contributed by atoms with Crippen LogP contribution < -0.4 is 5.32 Å². The molecule has 1 saturated carbocycles. The molecule has 1 aliphatic carbocycles. The van der Waals surface area contributed by atoms with Gasteiger partial charge in [0.15, 0.2) is 5.82 Å². The van der Waals surface area contributed by atoms with E-state index in [2.05, 4.69) is 32.7 Å². The minimum atomic E-state index is -0.460. The Labute approximate surface area is 209 Å². The first-order valence-electron chi connectivity index (χ1n) is 13.4. The molecule has 8 heteroatoms. The molecule has 0 spiro atoms. The van der Waals surface area contributed by atoms with Gasteiger partial charge < -0.3 is 15.0 Å². The van der Waals surface area contributed by atoms with E-state index in [9.17, 15) is 4.79 Å². The van der Waals surface area contributed by atoms with Crippen molar-refractivity contribution in [2.24, 2.45) is 11.8 Å². The van der Waals surface area contributed by atoms with Crippen molar-refractivity contribution in [3.63, 3.8) is 0 Å². The lowest BCUT2D eigenvalue weighted by molar-refractivity contribution is 0.0508. The van der Waals surface area contributed by atoms with Crippen molar-refractivity contribution >= 4 is 6.09 Å². The molecule has 2 aromatic rings. The number of tetrazole rings is 1. The zero-order valence-electron chi connectivity index (χ0n) is 21.7. The SMILES string of the molecule is CC(C)(C)OC(=O)NCC1CCN(CC(c2nnn(Cc3ccccc3)n2)C2CCCCC2)CC1. The number of amides is 1. The summed E-state index contributed by atoms with van der Waals surface area (Å²) in [6, 6.07) is 10.3. The maximum atomic E-state index is 12.0. The van der Waals surface area contributed by atoms with Gasteiger partial charge in [0, 0.05) is 19.0 Å². The topological polar surface area (TPSA) is 85.2 Å². The average Bonchev–Trinajstić information content (AvgIpc) is 3.30. The summed E-state index contributed by atoms with van der Waals surface area (Å²) in [7, 11) is 0. The highest BCUT2D eigenvalue weighted by Gasteiger charge is 2.32. The number of piperidine rings is 1. The highest BCUT2D eigenvalue weighted by Crippen LogP contribution is 2.36. The fourth-order valence-electron chi connectivity index (χ4n) is 5.39. The monoisotopic (exact) mass is 482 g/mol. The summed E-state index contributed by atoms with van der Waals surface area (Å²) in [5.74, 6) is 2.36. The number of benzene rings is 1. The molecule has 2 aliphatic rings. The van der Waals surface area contributed by atoms with Crippen LogP contribution in [0.4, 0.5) is 4.79 Å². The summed E-state index contributed by atoms with van der Waals surface area (Å²) in [5.41, 5.74) is 0.728. The molecule has 192 valence electrons. The van der Waals surface area contributed by atoms with Crippen LogP contribution in [0.3, 0.4) is 0 Å². The number of rotatable bonds is 8. The van der Waals surface area contributed by atoms with E-state index in [1.165, 1.54) is 37.7 Å². The van der Waals surface area contributed by atoms with Crippen molar-refractivity contribution < 1.29 is 9.53 Å². The molecule has 1 amide bonds. The Bertz CT molecular complexity index is 911. The zero-order chi connectivity index (χ0) is 24.7. The number of ether oxygens (including phenoxy) is 1. The zero-order valence-corrected chi connectivity index (χ0v) is 21.7. The van der Waals surface area contributed by atoms with Crippen LogP contribution >= 0.6 is 0 Å². The van der Waals surface area contributed by atoms with Gasteiger partial charge in [-0.15, -0.1) is 10.2 Å². The van der Waals surface area contributed by atoms with E-state index in [1.54, 1.807) is 4.80 Å². The van der Waals surface area contributed by atoms with Crippen molar-refractivity contribution in [1.82, 2.24) is 30.4 Å². The Morgan fingerprint density at radius 2 is 1.80 bits per heavy atom. The second kappa shape index (κ2) is 12.0. The second-order valence-corrected chi connectivity index (χ2v) is 11.3. The van der Waals surface area contributed by atoms with Gasteiger partial charge in [0.05, 0.1) is 6.54 Å². The highest BCUT2D eigenvalue weighted by atomic mass is 16.6. The number of carbonyl (C=O) groups excluding carboxylic acids is 1. The summed E-state index contributed by atoms with van der Waals surface area (Å²) >= 11 is 0. The highest BCUT2D eigenvalue weighted by molar-refractivity contribution is 5.67. The Hall–Kier alpha value is -2.48. The quantitative estimate of drug-likeness (QED) is 0.591. The summed E-state index contributed by atoms with van der Waals surface area (Å²) in [4.78, 5) is 16.3. The molecule has 8 nitrogen and oxygen atoms in total. The van der Waals surface area contributed by atoms with Gasteiger partial charge in [0.25, 0.3) is 0 Å². The summed E-state index contributed by atoms with van der Waals surface area (Å²) in [6.07, 6.45) is 8.32. The number of aromatic nitrogens is 4. The van der Waals surface area contributed by atoms with Crippen LogP contribution in [0.5, 0.6) is 0 Å². The van der Waals surface area contributed by atoms with Crippen molar-refractivity contribution in [3.05, 3.63) is 41.7 Å². The van der Waals surface area contributed by atoms with E-state index < -0.39 is 5.60 Å². The van der Waals surface area contributed by atoms with Crippen LogP contribution in [0.15, 0.2) is 30.3 Å². The van der Waals surface area contributed by atoms with Gasteiger partial charge in [-0.25, -0.2) is 4.79 Å². The van der Waals surface area contributed by atoms with Crippen molar-refractivity contribution in [1.29, 1.82) is 0 Å². The third-order valence-electron chi connectivity index (χ3n) is 7.28. The molecule has 35 heavy (non-hydrogen) atoms. The van der Waals surface area contributed by atoms with E-state index in [4.69, 9.17) is 9.84 Å². The van der Waals surface area contributed by atoms with Gasteiger partial charge >= 0.3 is 6.09 Å². The molecule has 1 aromatic heterocycles. The fraction of sp³-hybridized carbons (Fsp3) is 0.704. The normalized spacial score (nSPS) is 19.4.